The summed E-state index contributed by atoms with van der Waals surface area (Å²) in [6, 6.07) is 8.59. The molecule has 2 heterocycles. The summed E-state index contributed by atoms with van der Waals surface area (Å²) in [6.07, 6.45) is 0. The van der Waals surface area contributed by atoms with Crippen LogP contribution in [0, 0.1) is 12.8 Å². The van der Waals surface area contributed by atoms with Gasteiger partial charge in [0, 0.05) is 45.0 Å². The van der Waals surface area contributed by atoms with Crippen LogP contribution >= 0.6 is 12.4 Å². The maximum absolute atomic E-state index is 12.1. The minimum absolute atomic E-state index is 0. The van der Waals surface area contributed by atoms with E-state index in [0.29, 0.717) is 5.91 Å². The van der Waals surface area contributed by atoms with Gasteiger partial charge in [-0.25, -0.2) is 0 Å². The van der Waals surface area contributed by atoms with Gasteiger partial charge in [0.1, 0.15) is 0 Å². The number of rotatable bonds is 2. The first-order chi connectivity index (χ1) is 9.24. The van der Waals surface area contributed by atoms with Gasteiger partial charge in [0.15, 0.2) is 0 Å². The molecular weight excluding hydrogens is 274 g/mol. The van der Waals surface area contributed by atoms with E-state index >= 15 is 0 Å². The highest BCUT2D eigenvalue weighted by atomic mass is 35.5. The number of halogens is 1. The summed E-state index contributed by atoms with van der Waals surface area (Å²) in [4.78, 5) is 16.5. The van der Waals surface area contributed by atoms with Gasteiger partial charge in [0.25, 0.3) is 0 Å². The Morgan fingerprint density at radius 1 is 1.20 bits per heavy atom. The van der Waals surface area contributed by atoms with E-state index in [2.05, 4.69) is 41.4 Å². The van der Waals surface area contributed by atoms with Crippen molar-refractivity contribution in [2.75, 3.05) is 44.2 Å². The molecule has 0 unspecified atom stereocenters. The van der Waals surface area contributed by atoms with E-state index in [1.807, 2.05) is 4.90 Å². The van der Waals surface area contributed by atoms with Crippen molar-refractivity contribution in [3.8, 4) is 0 Å². The number of amides is 1. The lowest BCUT2D eigenvalue weighted by atomic mass is 10.0. The fraction of sp³-hybridized carbons (Fsp3) is 0.533. The van der Waals surface area contributed by atoms with Crippen molar-refractivity contribution in [2.24, 2.45) is 5.92 Å². The quantitative estimate of drug-likeness (QED) is 0.893. The highest BCUT2D eigenvalue weighted by Crippen LogP contribution is 2.19. The summed E-state index contributed by atoms with van der Waals surface area (Å²) in [5.41, 5.74) is 2.56. The Hall–Kier alpha value is -1.26. The zero-order chi connectivity index (χ0) is 13.2. The van der Waals surface area contributed by atoms with Crippen molar-refractivity contribution in [3.63, 3.8) is 0 Å². The molecule has 20 heavy (non-hydrogen) atoms. The number of hydrogen-bond acceptors (Lipinski definition) is 3. The summed E-state index contributed by atoms with van der Waals surface area (Å²) in [5.74, 6) is 0.563. The molecule has 0 aliphatic carbocycles. The van der Waals surface area contributed by atoms with E-state index in [-0.39, 0.29) is 18.3 Å². The minimum Gasteiger partial charge on any atom is -0.368 e. The molecule has 2 aliphatic rings. The maximum atomic E-state index is 12.1. The molecule has 0 aromatic heterocycles. The maximum Gasteiger partial charge on any atom is 0.228 e. The molecule has 1 amide bonds. The Bertz CT molecular complexity index is 468. The average Bonchev–Trinajstić information content (AvgIpc) is 2.37. The number of nitrogens with zero attached hydrogens (tertiary/aromatic N) is 2. The molecule has 1 aromatic rings. The lowest BCUT2D eigenvalue weighted by molar-refractivity contribution is -0.137. The van der Waals surface area contributed by atoms with Gasteiger partial charge >= 0.3 is 0 Å². The number of carbonyl (C=O) groups is 1. The Labute approximate surface area is 126 Å². The normalized spacial score (nSPS) is 19.2. The van der Waals surface area contributed by atoms with E-state index in [0.717, 1.165) is 39.3 Å². The topological polar surface area (TPSA) is 35.6 Å². The molecule has 2 saturated heterocycles. The van der Waals surface area contributed by atoms with Crippen LogP contribution in [-0.4, -0.2) is 50.1 Å². The van der Waals surface area contributed by atoms with Crippen molar-refractivity contribution in [1.82, 2.24) is 10.2 Å². The number of nitrogens with one attached hydrogen (secondary N) is 1. The predicted molar refractivity (Wildman–Crippen MR) is 83.6 cm³/mol. The van der Waals surface area contributed by atoms with Crippen molar-refractivity contribution < 1.29 is 4.79 Å². The average molecular weight is 296 g/mol. The summed E-state index contributed by atoms with van der Waals surface area (Å²) < 4.78 is 0. The van der Waals surface area contributed by atoms with Crippen LogP contribution in [0.25, 0.3) is 0 Å². The molecule has 3 rings (SSSR count). The lowest BCUT2D eigenvalue weighted by Crippen LogP contribution is -2.56. The fourth-order valence-electron chi connectivity index (χ4n) is 2.73. The first kappa shape index (κ1) is 15.1. The largest absolute Gasteiger partial charge is 0.368 e. The molecule has 2 aliphatic heterocycles. The molecule has 0 radical (unpaired) electrons. The molecule has 4 nitrogen and oxygen atoms in total. The SMILES string of the molecule is Cc1cccc(N2CCN(C(=O)C3CNC3)CC2)c1.Cl. The molecule has 0 atom stereocenters. The summed E-state index contributed by atoms with van der Waals surface area (Å²) >= 11 is 0. The number of hydrogen-bond donors (Lipinski definition) is 1. The van der Waals surface area contributed by atoms with Crippen molar-refractivity contribution in [1.29, 1.82) is 0 Å². The van der Waals surface area contributed by atoms with Gasteiger partial charge < -0.3 is 15.1 Å². The van der Waals surface area contributed by atoms with Gasteiger partial charge in [-0.1, -0.05) is 12.1 Å². The summed E-state index contributed by atoms with van der Waals surface area (Å²) in [7, 11) is 0. The zero-order valence-corrected chi connectivity index (χ0v) is 12.7. The third-order valence-corrected chi connectivity index (χ3v) is 4.09. The Morgan fingerprint density at radius 2 is 1.90 bits per heavy atom. The third kappa shape index (κ3) is 3.07. The second-order valence-electron chi connectivity index (χ2n) is 5.51. The van der Waals surface area contributed by atoms with Crippen LogP contribution in [-0.2, 0) is 4.79 Å². The monoisotopic (exact) mass is 295 g/mol. The fourth-order valence-corrected chi connectivity index (χ4v) is 2.73. The Morgan fingerprint density at radius 3 is 2.45 bits per heavy atom. The molecule has 0 saturated carbocycles. The van der Waals surface area contributed by atoms with E-state index < -0.39 is 0 Å². The summed E-state index contributed by atoms with van der Waals surface area (Å²) in [6.45, 7) is 7.41. The minimum atomic E-state index is 0. The number of benzene rings is 1. The lowest BCUT2D eigenvalue weighted by Gasteiger charge is -2.39. The van der Waals surface area contributed by atoms with Crippen molar-refractivity contribution >= 4 is 24.0 Å². The molecule has 1 aromatic carbocycles. The van der Waals surface area contributed by atoms with Gasteiger partial charge in [0.2, 0.25) is 5.91 Å². The Kier molecular flexibility index (Phi) is 4.89. The van der Waals surface area contributed by atoms with Crippen LogP contribution in [0.5, 0.6) is 0 Å². The van der Waals surface area contributed by atoms with E-state index in [4.69, 9.17) is 0 Å². The standard InChI is InChI=1S/C15H21N3O.ClH/c1-12-3-2-4-14(9-12)17-5-7-18(8-6-17)15(19)13-10-16-11-13;/h2-4,9,13,16H,5-8,10-11H2,1H3;1H. The first-order valence-electron chi connectivity index (χ1n) is 7.05. The van der Waals surface area contributed by atoms with Gasteiger partial charge in [-0.3, -0.25) is 4.79 Å². The molecule has 0 bridgehead atoms. The number of carbonyl (C=O) groups excluding carboxylic acids is 1. The van der Waals surface area contributed by atoms with E-state index in [1.165, 1.54) is 11.3 Å². The van der Waals surface area contributed by atoms with Crippen LogP contribution in [0.2, 0.25) is 0 Å². The molecule has 1 N–H and O–H groups in total. The number of piperazine rings is 1. The van der Waals surface area contributed by atoms with Crippen LogP contribution in [0.4, 0.5) is 5.69 Å². The molecule has 110 valence electrons. The molecule has 2 fully saturated rings. The van der Waals surface area contributed by atoms with Crippen LogP contribution in [0.1, 0.15) is 5.56 Å². The highest BCUT2D eigenvalue weighted by Gasteiger charge is 2.30. The van der Waals surface area contributed by atoms with Gasteiger partial charge in [0.05, 0.1) is 5.92 Å². The highest BCUT2D eigenvalue weighted by molar-refractivity contribution is 5.85. The predicted octanol–water partition coefficient (Wildman–Crippen LogP) is 1.28. The number of aryl methyl sites for hydroxylation is 1. The van der Waals surface area contributed by atoms with E-state index in [1.54, 1.807) is 0 Å². The summed E-state index contributed by atoms with van der Waals surface area (Å²) in [5, 5.41) is 3.16. The number of anilines is 1. The third-order valence-electron chi connectivity index (χ3n) is 4.09. The van der Waals surface area contributed by atoms with Gasteiger partial charge in [-0.2, -0.15) is 0 Å². The van der Waals surface area contributed by atoms with Crippen LogP contribution < -0.4 is 10.2 Å². The Balaban J connectivity index is 0.00000147. The molecule has 5 heteroatoms. The molecule has 0 spiro atoms. The van der Waals surface area contributed by atoms with Gasteiger partial charge in [-0.05, 0) is 24.6 Å². The first-order valence-corrected chi connectivity index (χ1v) is 7.05. The van der Waals surface area contributed by atoms with Gasteiger partial charge in [-0.15, -0.1) is 12.4 Å². The second-order valence-corrected chi connectivity index (χ2v) is 5.51. The second kappa shape index (κ2) is 6.46. The van der Waals surface area contributed by atoms with Crippen molar-refractivity contribution in [2.45, 2.75) is 6.92 Å². The smallest absolute Gasteiger partial charge is 0.228 e. The van der Waals surface area contributed by atoms with E-state index in [9.17, 15) is 4.79 Å². The van der Waals surface area contributed by atoms with Crippen LogP contribution in [0.3, 0.4) is 0 Å². The van der Waals surface area contributed by atoms with Crippen LogP contribution in [0.15, 0.2) is 24.3 Å². The van der Waals surface area contributed by atoms with Crippen molar-refractivity contribution in [3.05, 3.63) is 29.8 Å². The zero-order valence-electron chi connectivity index (χ0n) is 11.8. The molecular formula is C15H22ClN3O.